The molecule has 0 spiro atoms. The normalized spacial score (nSPS) is 13.2. The van der Waals surface area contributed by atoms with E-state index in [0.717, 1.165) is 61.2 Å². The van der Waals surface area contributed by atoms with Gasteiger partial charge in [-0.05, 0) is 74.2 Å². The number of ether oxygens (including phenoxy) is 1. The number of hydrogen-bond acceptors (Lipinski definition) is 4. The highest BCUT2D eigenvalue weighted by atomic mass is 16.5. The van der Waals surface area contributed by atoms with E-state index < -0.39 is 6.09 Å². The van der Waals surface area contributed by atoms with Crippen molar-refractivity contribution in [3.63, 3.8) is 0 Å². The number of nitrogens with one attached hydrogen (secondary N) is 1. The number of carbonyl (C=O) groups excluding carboxylic acids is 2. The van der Waals surface area contributed by atoms with Crippen LogP contribution in [0.25, 0.3) is 0 Å². The summed E-state index contributed by atoms with van der Waals surface area (Å²) in [7, 11) is 0. The van der Waals surface area contributed by atoms with Gasteiger partial charge in [-0.2, -0.15) is 4.99 Å². The van der Waals surface area contributed by atoms with Crippen LogP contribution >= 0.6 is 0 Å². The summed E-state index contributed by atoms with van der Waals surface area (Å²) < 4.78 is 5.00. The van der Waals surface area contributed by atoms with Gasteiger partial charge in [0, 0.05) is 35.5 Å². The Balaban J connectivity index is 1.51. The number of nitrogens with zero attached hydrogens (tertiary/aromatic N) is 2. The van der Waals surface area contributed by atoms with Gasteiger partial charge in [0.05, 0.1) is 13.2 Å². The van der Waals surface area contributed by atoms with Crippen molar-refractivity contribution < 1.29 is 14.3 Å². The first kappa shape index (κ1) is 24.8. The molecule has 1 heterocycles. The minimum atomic E-state index is -0.674. The van der Waals surface area contributed by atoms with E-state index in [9.17, 15) is 9.59 Å². The third-order valence-electron chi connectivity index (χ3n) is 5.58. The van der Waals surface area contributed by atoms with Crippen LogP contribution in [0.3, 0.4) is 0 Å². The lowest BCUT2D eigenvalue weighted by molar-refractivity contribution is 0.0792. The molecule has 1 fully saturated rings. The average molecular weight is 461 g/mol. The number of rotatable bonds is 7. The first-order chi connectivity index (χ1) is 16.5. The molecule has 1 aliphatic heterocycles. The summed E-state index contributed by atoms with van der Waals surface area (Å²) in [6, 6.07) is 13.0. The Bertz CT molecular complexity index is 1090. The van der Waals surface area contributed by atoms with Crippen molar-refractivity contribution in [1.82, 2.24) is 4.90 Å². The summed E-state index contributed by atoms with van der Waals surface area (Å²) in [5, 5.41) is 3.23. The standard InChI is InChI=1S/C27H32N4O3/c1-3-4-18-34-27(33)30-25(28)22-10-12-23(13-11-22)29-15-7-8-21-9-14-24(20(2)19-21)26(32)31-16-5-6-17-31/h9-14,19,29H,3-6,15-18H2,1-2H3,(H2,28,30,33). The second kappa shape index (κ2) is 12.4. The summed E-state index contributed by atoms with van der Waals surface area (Å²) >= 11 is 0. The molecular weight excluding hydrogens is 428 g/mol. The van der Waals surface area contributed by atoms with Crippen LogP contribution in [0.1, 0.15) is 59.7 Å². The maximum Gasteiger partial charge on any atom is 0.435 e. The molecule has 34 heavy (non-hydrogen) atoms. The molecule has 2 aromatic rings. The van der Waals surface area contributed by atoms with E-state index in [-0.39, 0.29) is 11.7 Å². The lowest BCUT2D eigenvalue weighted by Gasteiger charge is -2.16. The van der Waals surface area contributed by atoms with Crippen molar-refractivity contribution >= 4 is 23.5 Å². The number of aliphatic imine (C=N–C) groups is 1. The van der Waals surface area contributed by atoms with Crippen molar-refractivity contribution in [2.75, 3.05) is 31.6 Å². The summed E-state index contributed by atoms with van der Waals surface area (Å²) in [6.45, 7) is 6.46. The molecule has 1 saturated heterocycles. The van der Waals surface area contributed by atoms with E-state index in [1.807, 2.05) is 49.1 Å². The quantitative estimate of drug-likeness (QED) is 0.277. The predicted molar refractivity (Wildman–Crippen MR) is 135 cm³/mol. The lowest BCUT2D eigenvalue weighted by atomic mass is 10.0. The van der Waals surface area contributed by atoms with Gasteiger partial charge in [-0.25, -0.2) is 4.79 Å². The fraction of sp³-hybridized carbons (Fsp3) is 0.370. The third-order valence-corrected chi connectivity index (χ3v) is 5.58. The van der Waals surface area contributed by atoms with Crippen LogP contribution in [0.4, 0.5) is 10.5 Å². The monoisotopic (exact) mass is 460 g/mol. The zero-order chi connectivity index (χ0) is 24.3. The second-order valence-electron chi connectivity index (χ2n) is 8.23. The van der Waals surface area contributed by atoms with Crippen LogP contribution in [0, 0.1) is 18.8 Å². The molecule has 0 unspecified atom stereocenters. The van der Waals surface area contributed by atoms with E-state index in [1.165, 1.54) is 0 Å². The predicted octanol–water partition coefficient (Wildman–Crippen LogP) is 4.34. The molecule has 3 N–H and O–H groups in total. The molecule has 0 saturated carbocycles. The highest BCUT2D eigenvalue weighted by Crippen LogP contribution is 2.17. The molecule has 0 bridgehead atoms. The minimum absolute atomic E-state index is 0.110. The molecule has 2 amide bonds. The number of benzene rings is 2. The van der Waals surface area contributed by atoms with Crippen molar-refractivity contribution in [3.8, 4) is 11.8 Å². The summed E-state index contributed by atoms with van der Waals surface area (Å²) in [4.78, 5) is 30.0. The van der Waals surface area contributed by atoms with Gasteiger partial charge in [-0.3, -0.25) is 4.79 Å². The van der Waals surface area contributed by atoms with Crippen LogP contribution in [0.5, 0.6) is 0 Å². The molecule has 0 atom stereocenters. The van der Waals surface area contributed by atoms with E-state index in [1.54, 1.807) is 12.1 Å². The number of likely N-dealkylation sites (tertiary alicyclic amines) is 1. The summed E-state index contributed by atoms with van der Waals surface area (Å²) in [6.07, 6.45) is 3.23. The lowest BCUT2D eigenvalue weighted by Crippen LogP contribution is -2.28. The van der Waals surface area contributed by atoms with E-state index >= 15 is 0 Å². The highest BCUT2D eigenvalue weighted by Gasteiger charge is 2.20. The number of hydrogen-bond donors (Lipinski definition) is 2. The fourth-order valence-corrected chi connectivity index (χ4v) is 3.62. The Morgan fingerprint density at radius 1 is 1.15 bits per heavy atom. The molecule has 7 heteroatoms. The topological polar surface area (TPSA) is 97.0 Å². The van der Waals surface area contributed by atoms with Crippen molar-refractivity contribution in [2.45, 2.75) is 39.5 Å². The van der Waals surface area contributed by atoms with Gasteiger partial charge in [-0.15, -0.1) is 0 Å². The number of anilines is 1. The van der Waals surface area contributed by atoms with Gasteiger partial charge < -0.3 is 20.7 Å². The zero-order valence-corrected chi connectivity index (χ0v) is 19.9. The number of amidine groups is 1. The minimum Gasteiger partial charge on any atom is -0.448 e. The second-order valence-corrected chi connectivity index (χ2v) is 8.23. The van der Waals surface area contributed by atoms with Crippen LogP contribution in [0.15, 0.2) is 47.5 Å². The van der Waals surface area contributed by atoms with Crippen molar-refractivity contribution in [1.29, 1.82) is 0 Å². The first-order valence-electron chi connectivity index (χ1n) is 11.7. The van der Waals surface area contributed by atoms with Crippen molar-refractivity contribution in [2.24, 2.45) is 10.7 Å². The van der Waals surface area contributed by atoms with Crippen LogP contribution in [-0.2, 0) is 4.74 Å². The number of aryl methyl sites for hydroxylation is 1. The highest BCUT2D eigenvalue weighted by molar-refractivity contribution is 6.02. The number of unbranched alkanes of at least 4 members (excludes halogenated alkanes) is 1. The molecule has 0 aromatic heterocycles. The molecule has 0 radical (unpaired) electrons. The number of nitrogens with two attached hydrogens (primary N) is 1. The molecule has 7 nitrogen and oxygen atoms in total. The van der Waals surface area contributed by atoms with E-state index in [4.69, 9.17) is 10.5 Å². The Morgan fingerprint density at radius 3 is 2.56 bits per heavy atom. The Hall–Kier alpha value is -3.79. The molecule has 0 aliphatic carbocycles. The van der Waals surface area contributed by atoms with E-state index in [2.05, 4.69) is 22.2 Å². The molecule has 3 rings (SSSR count). The van der Waals surface area contributed by atoms with Crippen LogP contribution in [0.2, 0.25) is 0 Å². The number of carbonyl (C=O) groups is 2. The van der Waals surface area contributed by atoms with E-state index in [0.29, 0.717) is 18.7 Å². The SMILES string of the molecule is CCCCOC(=O)N=C(N)c1ccc(NCC#Cc2ccc(C(=O)N3CCCC3)c(C)c2)cc1. The molecule has 2 aromatic carbocycles. The Kier molecular flexibility index (Phi) is 9.10. The van der Waals surface area contributed by atoms with Gasteiger partial charge in [-0.1, -0.05) is 25.2 Å². The average Bonchev–Trinajstić information content (AvgIpc) is 3.37. The Morgan fingerprint density at radius 2 is 1.88 bits per heavy atom. The zero-order valence-electron chi connectivity index (χ0n) is 19.9. The first-order valence-corrected chi connectivity index (χ1v) is 11.7. The molecule has 1 aliphatic rings. The summed E-state index contributed by atoms with van der Waals surface area (Å²) in [5.41, 5.74) is 9.99. The van der Waals surface area contributed by atoms with Gasteiger partial charge in [0.15, 0.2) is 0 Å². The van der Waals surface area contributed by atoms with Gasteiger partial charge in [0.25, 0.3) is 5.91 Å². The van der Waals surface area contributed by atoms with Crippen LogP contribution < -0.4 is 11.1 Å². The molecular formula is C27H32N4O3. The smallest absolute Gasteiger partial charge is 0.435 e. The van der Waals surface area contributed by atoms with Gasteiger partial charge in [0.1, 0.15) is 5.84 Å². The fourth-order valence-electron chi connectivity index (χ4n) is 3.62. The number of amides is 2. The largest absolute Gasteiger partial charge is 0.448 e. The molecule has 178 valence electrons. The Labute approximate surface area is 201 Å². The van der Waals surface area contributed by atoms with Gasteiger partial charge >= 0.3 is 6.09 Å². The maximum absolute atomic E-state index is 12.6. The van der Waals surface area contributed by atoms with Gasteiger partial charge in [0.2, 0.25) is 0 Å². The summed E-state index contributed by atoms with van der Waals surface area (Å²) in [5.74, 6) is 6.47. The third kappa shape index (κ3) is 7.11. The maximum atomic E-state index is 12.6. The van der Waals surface area contributed by atoms with Crippen LogP contribution in [-0.4, -0.2) is 49.0 Å². The van der Waals surface area contributed by atoms with Crippen molar-refractivity contribution in [3.05, 3.63) is 64.7 Å².